The minimum atomic E-state index is -3.71. The number of carbonyl (C=O) groups is 2. The first-order valence-electron chi connectivity index (χ1n) is 7.29. The van der Waals surface area contributed by atoms with E-state index < -0.39 is 18.8 Å². The molecular weight excluding hydrogens is 312 g/mol. The number of hydrogen-bond donors (Lipinski definition) is 1. The smallest absolute Gasteiger partial charge is 0.455 e. The van der Waals surface area contributed by atoms with Crippen LogP contribution in [0.2, 0.25) is 0 Å². The van der Waals surface area contributed by atoms with Crippen molar-refractivity contribution >= 4 is 17.6 Å². The summed E-state index contributed by atoms with van der Waals surface area (Å²) < 4.78 is 39.3. The molecule has 1 aromatic rings. The number of amides is 1. The van der Waals surface area contributed by atoms with E-state index in [1.165, 1.54) is 18.2 Å². The normalized spacial score (nSPS) is 18.7. The second-order valence-corrected chi connectivity index (χ2v) is 5.47. The highest BCUT2D eigenvalue weighted by Crippen LogP contribution is 2.42. The molecule has 3 rings (SSSR count). The quantitative estimate of drug-likeness (QED) is 0.861. The van der Waals surface area contributed by atoms with Gasteiger partial charge in [0.25, 0.3) is 5.91 Å². The average Bonchev–Trinajstić information content (AvgIpc) is 3.10. The van der Waals surface area contributed by atoms with Gasteiger partial charge in [-0.2, -0.15) is 0 Å². The van der Waals surface area contributed by atoms with Crippen LogP contribution in [0.3, 0.4) is 0 Å². The van der Waals surface area contributed by atoms with E-state index in [1.807, 2.05) is 0 Å². The largest absolute Gasteiger partial charge is 0.586 e. The highest BCUT2D eigenvalue weighted by molar-refractivity contribution is 5.93. The van der Waals surface area contributed by atoms with Crippen molar-refractivity contribution in [3.05, 3.63) is 18.2 Å². The van der Waals surface area contributed by atoms with Gasteiger partial charge in [0.15, 0.2) is 18.1 Å². The summed E-state index contributed by atoms with van der Waals surface area (Å²) in [5.74, 6) is -1.34. The number of esters is 1. The summed E-state index contributed by atoms with van der Waals surface area (Å²) in [4.78, 5) is 23.5. The number of alkyl halides is 2. The van der Waals surface area contributed by atoms with E-state index in [1.54, 1.807) is 0 Å². The number of hydrogen-bond acceptors (Lipinski definition) is 5. The van der Waals surface area contributed by atoms with E-state index in [4.69, 9.17) is 4.74 Å². The van der Waals surface area contributed by atoms with Crippen molar-refractivity contribution in [2.75, 3.05) is 11.9 Å². The molecule has 1 aliphatic heterocycles. The van der Waals surface area contributed by atoms with Crippen LogP contribution in [0.1, 0.15) is 25.7 Å². The SMILES string of the molecule is O=C(COC(=O)C1CCCC1)Nc1ccc2c(c1)OC(F)(F)O2. The number of anilines is 1. The Kier molecular flexibility index (Phi) is 4.06. The van der Waals surface area contributed by atoms with Crippen molar-refractivity contribution in [3.63, 3.8) is 0 Å². The summed E-state index contributed by atoms with van der Waals surface area (Å²) in [5.41, 5.74) is 0.243. The van der Waals surface area contributed by atoms with E-state index in [0.717, 1.165) is 25.7 Å². The molecule has 1 heterocycles. The van der Waals surface area contributed by atoms with E-state index in [9.17, 15) is 18.4 Å². The zero-order valence-corrected chi connectivity index (χ0v) is 12.1. The lowest BCUT2D eigenvalue weighted by Gasteiger charge is -2.10. The Morgan fingerprint density at radius 3 is 2.65 bits per heavy atom. The van der Waals surface area contributed by atoms with Crippen molar-refractivity contribution < 1.29 is 32.6 Å². The molecule has 8 heteroatoms. The van der Waals surface area contributed by atoms with Crippen molar-refractivity contribution in [2.24, 2.45) is 5.92 Å². The number of fused-ring (bicyclic) bond motifs is 1. The molecule has 1 saturated carbocycles. The lowest BCUT2D eigenvalue weighted by molar-refractivity contribution is -0.286. The zero-order valence-electron chi connectivity index (χ0n) is 12.1. The summed E-state index contributed by atoms with van der Waals surface area (Å²) in [7, 11) is 0. The number of benzene rings is 1. The Bertz CT molecular complexity index is 628. The van der Waals surface area contributed by atoms with Crippen molar-refractivity contribution in [3.8, 4) is 11.5 Å². The van der Waals surface area contributed by atoms with Crippen LogP contribution in [0.15, 0.2) is 18.2 Å². The second-order valence-electron chi connectivity index (χ2n) is 5.47. The van der Waals surface area contributed by atoms with Gasteiger partial charge in [-0.3, -0.25) is 9.59 Å². The minimum absolute atomic E-state index is 0.110. The molecule has 0 aromatic heterocycles. The van der Waals surface area contributed by atoms with E-state index in [0.29, 0.717) is 0 Å². The minimum Gasteiger partial charge on any atom is -0.455 e. The molecule has 6 nitrogen and oxygen atoms in total. The van der Waals surface area contributed by atoms with Gasteiger partial charge in [0.1, 0.15) is 0 Å². The van der Waals surface area contributed by atoms with Crippen LogP contribution in [0, 0.1) is 5.92 Å². The van der Waals surface area contributed by atoms with Gasteiger partial charge < -0.3 is 19.5 Å². The first-order valence-corrected chi connectivity index (χ1v) is 7.29. The maximum Gasteiger partial charge on any atom is 0.586 e. The second kappa shape index (κ2) is 6.02. The monoisotopic (exact) mass is 327 g/mol. The van der Waals surface area contributed by atoms with Gasteiger partial charge >= 0.3 is 12.3 Å². The summed E-state index contributed by atoms with van der Waals surface area (Å²) in [5, 5.41) is 2.45. The number of rotatable bonds is 4. The van der Waals surface area contributed by atoms with Gasteiger partial charge in [0.05, 0.1) is 5.92 Å². The number of carbonyl (C=O) groups excluding carboxylic acids is 2. The third-order valence-electron chi connectivity index (χ3n) is 3.72. The molecule has 1 amide bonds. The molecule has 23 heavy (non-hydrogen) atoms. The molecule has 0 radical (unpaired) electrons. The molecule has 1 fully saturated rings. The third-order valence-corrected chi connectivity index (χ3v) is 3.72. The maximum atomic E-state index is 12.9. The van der Waals surface area contributed by atoms with Crippen molar-refractivity contribution in [1.82, 2.24) is 0 Å². The molecule has 2 aliphatic rings. The van der Waals surface area contributed by atoms with E-state index in [-0.39, 0.29) is 29.1 Å². The standard InChI is InChI=1S/C15H15F2NO5/c16-15(17)22-11-6-5-10(7-12(11)23-15)18-13(19)8-21-14(20)9-3-1-2-4-9/h5-7,9H,1-4,8H2,(H,18,19). The summed E-state index contributed by atoms with van der Waals surface area (Å²) in [6, 6.07) is 3.86. The zero-order chi connectivity index (χ0) is 16.4. The molecule has 124 valence electrons. The predicted molar refractivity (Wildman–Crippen MR) is 74.2 cm³/mol. The van der Waals surface area contributed by atoms with Gasteiger partial charge in [-0.1, -0.05) is 12.8 Å². The first-order chi connectivity index (χ1) is 10.9. The summed E-state index contributed by atoms with van der Waals surface area (Å²) in [6.45, 7) is -0.417. The lowest BCUT2D eigenvalue weighted by Crippen LogP contribution is -2.26. The van der Waals surface area contributed by atoms with Crippen molar-refractivity contribution in [1.29, 1.82) is 0 Å². The van der Waals surface area contributed by atoms with E-state index in [2.05, 4.69) is 14.8 Å². The molecule has 0 spiro atoms. The fraction of sp³-hybridized carbons (Fsp3) is 0.467. The summed E-state index contributed by atoms with van der Waals surface area (Å²) >= 11 is 0. The Morgan fingerprint density at radius 1 is 1.22 bits per heavy atom. The summed E-state index contributed by atoms with van der Waals surface area (Å²) in [6.07, 6.45) is -0.142. The highest BCUT2D eigenvalue weighted by atomic mass is 19.3. The van der Waals surface area contributed by atoms with Gasteiger partial charge in [-0.25, -0.2) is 0 Å². The number of nitrogens with one attached hydrogen (secondary N) is 1. The molecule has 0 saturated heterocycles. The van der Waals surface area contributed by atoms with E-state index >= 15 is 0 Å². The highest BCUT2D eigenvalue weighted by Gasteiger charge is 2.43. The van der Waals surface area contributed by atoms with Gasteiger partial charge in [-0.15, -0.1) is 8.78 Å². The van der Waals surface area contributed by atoms with Crippen molar-refractivity contribution in [2.45, 2.75) is 32.0 Å². The molecular formula is C15H15F2NO5. The van der Waals surface area contributed by atoms with Crippen LogP contribution < -0.4 is 14.8 Å². The fourth-order valence-electron chi connectivity index (χ4n) is 2.64. The maximum absolute atomic E-state index is 12.9. The molecule has 1 aliphatic carbocycles. The topological polar surface area (TPSA) is 73.9 Å². The van der Waals surface area contributed by atoms with Gasteiger partial charge in [0, 0.05) is 11.8 Å². The van der Waals surface area contributed by atoms with Gasteiger partial charge in [-0.05, 0) is 25.0 Å². The number of halogens is 2. The predicted octanol–water partition coefficient (Wildman–Crippen LogP) is 2.68. The number of ether oxygens (including phenoxy) is 3. The molecule has 1 aromatic carbocycles. The average molecular weight is 327 g/mol. The molecule has 0 bridgehead atoms. The van der Waals surface area contributed by atoms with Crippen LogP contribution in [-0.4, -0.2) is 24.8 Å². The Labute approximate surface area is 130 Å². The molecule has 1 N–H and O–H groups in total. The Balaban J connectivity index is 1.51. The Hall–Kier alpha value is -2.38. The third kappa shape index (κ3) is 3.69. The Morgan fingerprint density at radius 2 is 1.91 bits per heavy atom. The first kappa shape index (κ1) is 15.5. The van der Waals surface area contributed by atoms with Crippen LogP contribution in [-0.2, 0) is 14.3 Å². The fourth-order valence-corrected chi connectivity index (χ4v) is 2.64. The van der Waals surface area contributed by atoms with Gasteiger partial charge in [0.2, 0.25) is 0 Å². The van der Waals surface area contributed by atoms with Crippen LogP contribution in [0.4, 0.5) is 14.5 Å². The van der Waals surface area contributed by atoms with Crippen LogP contribution >= 0.6 is 0 Å². The molecule has 0 unspecified atom stereocenters. The van der Waals surface area contributed by atoms with Crippen LogP contribution in [0.25, 0.3) is 0 Å². The lowest BCUT2D eigenvalue weighted by atomic mass is 10.1. The molecule has 0 atom stereocenters. The van der Waals surface area contributed by atoms with Crippen LogP contribution in [0.5, 0.6) is 11.5 Å².